The monoisotopic (exact) mass is 353 g/mol. The summed E-state index contributed by atoms with van der Waals surface area (Å²) in [5.74, 6) is 1.50. The van der Waals surface area contributed by atoms with Crippen molar-refractivity contribution in [1.29, 1.82) is 0 Å². The zero-order chi connectivity index (χ0) is 19.1. The van der Waals surface area contributed by atoms with Crippen molar-refractivity contribution in [3.8, 4) is 5.75 Å². The van der Waals surface area contributed by atoms with Crippen LogP contribution in [0.4, 0.5) is 0 Å². The topological polar surface area (TPSA) is 38.3 Å². The highest BCUT2D eigenvalue weighted by atomic mass is 16.5. The number of carbonyl (C=O) groups excluding carboxylic acids is 1. The molecule has 0 aliphatic rings. The van der Waals surface area contributed by atoms with Crippen LogP contribution in [0.2, 0.25) is 0 Å². The Hall–Kier alpha value is -2.29. The molecule has 0 aliphatic carbocycles. The van der Waals surface area contributed by atoms with E-state index in [-0.39, 0.29) is 11.9 Å². The van der Waals surface area contributed by atoms with Gasteiger partial charge in [-0.3, -0.25) is 4.79 Å². The summed E-state index contributed by atoms with van der Waals surface area (Å²) in [5, 5.41) is 3.17. The second-order valence-corrected chi connectivity index (χ2v) is 7.15. The Balaban J connectivity index is 1.93. The summed E-state index contributed by atoms with van der Waals surface area (Å²) < 4.78 is 5.32. The van der Waals surface area contributed by atoms with Crippen LogP contribution in [-0.2, 0) is 11.2 Å². The van der Waals surface area contributed by atoms with Gasteiger partial charge in [-0.1, -0.05) is 57.2 Å². The van der Waals surface area contributed by atoms with Crippen molar-refractivity contribution in [1.82, 2.24) is 5.32 Å². The molecule has 26 heavy (non-hydrogen) atoms. The number of amides is 1. The molecule has 3 nitrogen and oxygen atoms in total. The fourth-order valence-electron chi connectivity index (χ4n) is 3.13. The average molecular weight is 354 g/mol. The van der Waals surface area contributed by atoms with Crippen LogP contribution in [-0.4, -0.2) is 13.0 Å². The van der Waals surface area contributed by atoms with Crippen LogP contribution in [0.1, 0.15) is 67.8 Å². The molecular weight excluding hydrogens is 322 g/mol. The van der Waals surface area contributed by atoms with E-state index in [0.29, 0.717) is 12.3 Å². The fourth-order valence-corrected chi connectivity index (χ4v) is 3.13. The molecule has 1 atom stereocenters. The first-order chi connectivity index (χ1) is 12.4. The summed E-state index contributed by atoms with van der Waals surface area (Å²) >= 11 is 0. The van der Waals surface area contributed by atoms with Crippen LogP contribution in [0.3, 0.4) is 0 Å². The third kappa shape index (κ3) is 5.35. The molecule has 1 amide bonds. The van der Waals surface area contributed by atoms with Gasteiger partial charge in [0.15, 0.2) is 0 Å². The quantitative estimate of drug-likeness (QED) is 0.697. The average Bonchev–Trinajstić information content (AvgIpc) is 2.64. The van der Waals surface area contributed by atoms with Gasteiger partial charge >= 0.3 is 0 Å². The van der Waals surface area contributed by atoms with E-state index in [2.05, 4.69) is 56.4 Å². The van der Waals surface area contributed by atoms with Gasteiger partial charge in [0.25, 0.3) is 0 Å². The van der Waals surface area contributed by atoms with Gasteiger partial charge in [0.05, 0.1) is 13.2 Å². The third-order valence-corrected chi connectivity index (χ3v) is 4.85. The van der Waals surface area contributed by atoms with Crippen molar-refractivity contribution in [2.45, 2.75) is 58.9 Å². The zero-order valence-corrected chi connectivity index (χ0v) is 16.6. The maximum absolute atomic E-state index is 12.4. The minimum absolute atomic E-state index is 0.0374. The van der Waals surface area contributed by atoms with E-state index in [4.69, 9.17) is 4.74 Å². The molecule has 0 radical (unpaired) electrons. The standard InChI is InChI=1S/C23H31NO2/c1-6-21(20-12-13-22(26-5)17(4)15-20)24-23(25)14-9-18-7-10-19(11-8-18)16(2)3/h7-8,10-13,15-16,21H,6,9,14H2,1-5H3,(H,24,25). The molecule has 0 aromatic heterocycles. The summed E-state index contributed by atoms with van der Waals surface area (Å²) in [4.78, 5) is 12.4. The highest BCUT2D eigenvalue weighted by Gasteiger charge is 2.14. The molecule has 0 spiro atoms. The van der Waals surface area contributed by atoms with Crippen molar-refractivity contribution < 1.29 is 9.53 Å². The van der Waals surface area contributed by atoms with E-state index in [1.165, 1.54) is 11.1 Å². The number of hydrogen-bond donors (Lipinski definition) is 1. The number of rotatable bonds is 8. The summed E-state index contributed by atoms with van der Waals surface area (Å²) in [6, 6.07) is 14.7. The van der Waals surface area contributed by atoms with E-state index >= 15 is 0 Å². The third-order valence-electron chi connectivity index (χ3n) is 4.85. The number of carbonyl (C=O) groups is 1. The highest BCUT2D eigenvalue weighted by molar-refractivity contribution is 5.76. The van der Waals surface area contributed by atoms with E-state index < -0.39 is 0 Å². The largest absolute Gasteiger partial charge is 0.496 e. The van der Waals surface area contributed by atoms with Crippen molar-refractivity contribution >= 4 is 5.91 Å². The van der Waals surface area contributed by atoms with Crippen LogP contribution < -0.4 is 10.1 Å². The molecule has 0 bridgehead atoms. The smallest absolute Gasteiger partial charge is 0.220 e. The Morgan fingerprint density at radius 3 is 2.27 bits per heavy atom. The number of methoxy groups -OCH3 is 1. The van der Waals surface area contributed by atoms with Gasteiger partial charge in [0.2, 0.25) is 5.91 Å². The molecule has 3 heteroatoms. The van der Waals surface area contributed by atoms with Crippen LogP contribution >= 0.6 is 0 Å². The number of benzene rings is 2. The molecule has 0 saturated carbocycles. The van der Waals surface area contributed by atoms with Crippen molar-refractivity contribution in [2.75, 3.05) is 7.11 Å². The molecule has 0 fully saturated rings. The minimum Gasteiger partial charge on any atom is -0.496 e. The first kappa shape index (κ1) is 20.0. The first-order valence-corrected chi connectivity index (χ1v) is 9.47. The lowest BCUT2D eigenvalue weighted by Crippen LogP contribution is -2.28. The van der Waals surface area contributed by atoms with E-state index in [0.717, 1.165) is 29.7 Å². The Bertz CT molecular complexity index is 719. The molecular formula is C23H31NO2. The lowest BCUT2D eigenvalue weighted by molar-refractivity contribution is -0.121. The predicted octanol–water partition coefficient (Wildman–Crippen LogP) is 5.33. The molecule has 2 rings (SSSR count). The second-order valence-electron chi connectivity index (χ2n) is 7.15. The summed E-state index contributed by atoms with van der Waals surface area (Å²) in [5.41, 5.74) is 4.75. The molecule has 1 N–H and O–H groups in total. The lowest BCUT2D eigenvalue weighted by atomic mass is 9.99. The fraction of sp³-hybridized carbons (Fsp3) is 0.435. The SMILES string of the molecule is CCC(NC(=O)CCc1ccc(C(C)C)cc1)c1ccc(OC)c(C)c1. The Kier molecular flexibility index (Phi) is 7.26. The van der Waals surface area contributed by atoms with E-state index in [1.54, 1.807) is 7.11 Å². The zero-order valence-electron chi connectivity index (χ0n) is 16.6. The molecule has 1 unspecified atom stereocenters. The summed E-state index contributed by atoms with van der Waals surface area (Å²) in [6.07, 6.45) is 2.13. The highest BCUT2D eigenvalue weighted by Crippen LogP contribution is 2.24. The van der Waals surface area contributed by atoms with Gasteiger partial charge in [-0.15, -0.1) is 0 Å². The minimum atomic E-state index is 0.0374. The predicted molar refractivity (Wildman–Crippen MR) is 108 cm³/mol. The van der Waals surface area contributed by atoms with Crippen LogP contribution in [0.5, 0.6) is 5.75 Å². The number of nitrogens with one attached hydrogen (secondary N) is 1. The Morgan fingerprint density at radius 2 is 1.73 bits per heavy atom. The maximum Gasteiger partial charge on any atom is 0.220 e. The van der Waals surface area contributed by atoms with Gasteiger partial charge in [-0.05, 0) is 54.0 Å². The molecule has 2 aromatic rings. The molecule has 2 aromatic carbocycles. The number of ether oxygens (including phenoxy) is 1. The van der Waals surface area contributed by atoms with Gasteiger partial charge < -0.3 is 10.1 Å². The molecule has 0 aliphatic heterocycles. The normalized spacial score (nSPS) is 12.1. The van der Waals surface area contributed by atoms with Crippen molar-refractivity contribution in [2.24, 2.45) is 0 Å². The van der Waals surface area contributed by atoms with Gasteiger partial charge in [-0.2, -0.15) is 0 Å². The maximum atomic E-state index is 12.4. The lowest BCUT2D eigenvalue weighted by Gasteiger charge is -2.19. The summed E-state index contributed by atoms with van der Waals surface area (Å²) in [6.45, 7) is 8.50. The molecule has 140 valence electrons. The number of aryl methyl sites for hydroxylation is 2. The van der Waals surface area contributed by atoms with Crippen LogP contribution in [0, 0.1) is 6.92 Å². The second kappa shape index (κ2) is 9.42. The first-order valence-electron chi connectivity index (χ1n) is 9.47. The Labute approximate surface area is 157 Å². The summed E-state index contributed by atoms with van der Waals surface area (Å²) in [7, 11) is 1.68. The van der Waals surface area contributed by atoms with Crippen molar-refractivity contribution in [3.63, 3.8) is 0 Å². The molecule has 0 saturated heterocycles. The van der Waals surface area contributed by atoms with Crippen LogP contribution in [0.25, 0.3) is 0 Å². The van der Waals surface area contributed by atoms with Gasteiger partial charge in [0, 0.05) is 6.42 Å². The Morgan fingerprint density at radius 1 is 1.08 bits per heavy atom. The van der Waals surface area contributed by atoms with E-state index in [1.807, 2.05) is 19.1 Å². The number of hydrogen-bond acceptors (Lipinski definition) is 2. The van der Waals surface area contributed by atoms with E-state index in [9.17, 15) is 4.79 Å². The van der Waals surface area contributed by atoms with Gasteiger partial charge in [0.1, 0.15) is 5.75 Å². The van der Waals surface area contributed by atoms with Crippen molar-refractivity contribution in [3.05, 3.63) is 64.7 Å². The van der Waals surface area contributed by atoms with Crippen LogP contribution in [0.15, 0.2) is 42.5 Å². The molecule has 0 heterocycles. The van der Waals surface area contributed by atoms with Gasteiger partial charge in [-0.25, -0.2) is 0 Å².